The van der Waals surface area contributed by atoms with Crippen LogP contribution in [-0.4, -0.2) is 55.0 Å². The number of sulfonamides is 1. The van der Waals surface area contributed by atoms with E-state index >= 15 is 0 Å². The molecule has 2 heterocycles. The second-order valence-corrected chi connectivity index (χ2v) is 8.05. The molecule has 0 amide bonds. The van der Waals surface area contributed by atoms with Gasteiger partial charge in [0.2, 0.25) is 10.0 Å². The van der Waals surface area contributed by atoms with Gasteiger partial charge >= 0.3 is 5.97 Å². The van der Waals surface area contributed by atoms with Crippen LogP contribution in [0.15, 0.2) is 36.7 Å². The fourth-order valence-corrected chi connectivity index (χ4v) is 4.91. The van der Waals surface area contributed by atoms with Crippen LogP contribution >= 0.6 is 12.4 Å². The number of hydrogen-bond acceptors (Lipinski definition) is 6. The van der Waals surface area contributed by atoms with Gasteiger partial charge < -0.3 is 14.6 Å². The molecule has 0 saturated carbocycles. The molecule has 148 valence electrons. The molecule has 0 bridgehead atoms. The van der Waals surface area contributed by atoms with Crippen LogP contribution in [0.1, 0.15) is 27.8 Å². The number of carbonyl (C=O) groups excluding carboxylic acids is 1. The molecule has 1 aromatic carbocycles. The smallest absolute Gasteiger partial charge is 0.338 e. The van der Waals surface area contributed by atoms with Crippen molar-refractivity contribution in [1.82, 2.24) is 19.2 Å². The summed E-state index contributed by atoms with van der Waals surface area (Å²) in [6.45, 7) is 1.40. The van der Waals surface area contributed by atoms with Crippen molar-refractivity contribution in [3.05, 3.63) is 53.6 Å². The minimum atomic E-state index is -3.66. The van der Waals surface area contributed by atoms with Gasteiger partial charge in [-0.3, -0.25) is 0 Å². The number of hydrogen-bond donors (Lipinski definition) is 1. The molecule has 1 fully saturated rings. The first-order valence-corrected chi connectivity index (χ1v) is 9.88. The highest BCUT2D eigenvalue weighted by atomic mass is 35.5. The fraction of sp³-hybridized carbons (Fsp3) is 0.412. The Kier molecular flexibility index (Phi) is 6.99. The molecule has 1 unspecified atom stereocenters. The number of benzene rings is 1. The van der Waals surface area contributed by atoms with Crippen molar-refractivity contribution >= 4 is 28.4 Å². The number of imidazole rings is 1. The first-order chi connectivity index (χ1) is 12.4. The van der Waals surface area contributed by atoms with Crippen molar-refractivity contribution in [2.75, 3.05) is 26.7 Å². The number of rotatable bonds is 5. The van der Waals surface area contributed by atoms with Crippen LogP contribution in [-0.2, 0) is 27.6 Å². The van der Waals surface area contributed by atoms with Gasteiger partial charge in [0, 0.05) is 39.1 Å². The first-order valence-electron chi connectivity index (χ1n) is 8.27. The molecule has 1 N–H and O–H groups in total. The van der Waals surface area contributed by atoms with E-state index in [-0.39, 0.29) is 29.8 Å². The Bertz CT molecular complexity index is 900. The standard InChI is InChI=1S/C17H22N4O4S.ClH/c1-20-9-8-19-16(20)15-11-18-7-10-21(15)26(23,24)12-13-5-3-4-6-14(13)17(22)25-2;/h3-6,8-9,15,18H,7,10-12H2,1-2H3;1H. The molecule has 0 aliphatic carbocycles. The van der Waals surface area contributed by atoms with Gasteiger partial charge in [0.25, 0.3) is 0 Å². The lowest BCUT2D eigenvalue weighted by Crippen LogP contribution is -2.49. The van der Waals surface area contributed by atoms with Gasteiger partial charge in [-0.05, 0) is 11.6 Å². The van der Waals surface area contributed by atoms with Crippen molar-refractivity contribution in [2.24, 2.45) is 7.05 Å². The molecule has 8 nitrogen and oxygen atoms in total. The Hall–Kier alpha value is -1.94. The zero-order valence-corrected chi connectivity index (χ0v) is 16.8. The van der Waals surface area contributed by atoms with Crippen LogP contribution in [0, 0.1) is 0 Å². The normalized spacial score (nSPS) is 17.9. The monoisotopic (exact) mass is 414 g/mol. The molecule has 1 aliphatic rings. The second-order valence-electron chi connectivity index (χ2n) is 6.13. The number of nitrogens with zero attached hydrogens (tertiary/aromatic N) is 3. The number of carbonyl (C=O) groups is 1. The number of ether oxygens (including phenoxy) is 1. The van der Waals surface area contributed by atoms with Crippen LogP contribution in [0.4, 0.5) is 0 Å². The summed E-state index contributed by atoms with van der Waals surface area (Å²) in [6.07, 6.45) is 3.45. The molecule has 0 radical (unpaired) electrons. The van der Waals surface area contributed by atoms with Crippen molar-refractivity contribution in [3.8, 4) is 0 Å². The zero-order valence-electron chi connectivity index (χ0n) is 15.2. The summed E-state index contributed by atoms with van der Waals surface area (Å²) < 4.78 is 34.3. The quantitative estimate of drug-likeness (QED) is 0.736. The topological polar surface area (TPSA) is 93.5 Å². The first kappa shape index (κ1) is 21.4. The molecular formula is C17H23ClN4O4S. The zero-order chi connectivity index (χ0) is 18.7. The summed E-state index contributed by atoms with van der Waals surface area (Å²) >= 11 is 0. The second kappa shape index (κ2) is 8.83. The van der Waals surface area contributed by atoms with Crippen LogP contribution in [0.2, 0.25) is 0 Å². The van der Waals surface area contributed by atoms with E-state index in [1.54, 1.807) is 36.7 Å². The molecule has 1 aromatic heterocycles. The third kappa shape index (κ3) is 4.49. The Morgan fingerprint density at radius 1 is 1.37 bits per heavy atom. The van der Waals surface area contributed by atoms with Crippen LogP contribution in [0.25, 0.3) is 0 Å². The Morgan fingerprint density at radius 2 is 2.11 bits per heavy atom. The molecule has 27 heavy (non-hydrogen) atoms. The van der Waals surface area contributed by atoms with E-state index in [0.717, 1.165) is 0 Å². The number of piperazine rings is 1. The highest BCUT2D eigenvalue weighted by Gasteiger charge is 2.35. The number of methoxy groups -OCH3 is 1. The van der Waals surface area contributed by atoms with Crippen molar-refractivity contribution < 1.29 is 17.9 Å². The third-order valence-electron chi connectivity index (χ3n) is 4.47. The van der Waals surface area contributed by atoms with Gasteiger partial charge in [-0.1, -0.05) is 18.2 Å². The van der Waals surface area contributed by atoms with E-state index in [1.165, 1.54) is 11.4 Å². The van der Waals surface area contributed by atoms with Gasteiger partial charge in [0.05, 0.1) is 24.5 Å². The van der Waals surface area contributed by atoms with Gasteiger partial charge in [-0.25, -0.2) is 18.2 Å². The summed E-state index contributed by atoms with van der Waals surface area (Å²) in [5.74, 6) is -0.127. The van der Waals surface area contributed by atoms with Crippen LogP contribution in [0.3, 0.4) is 0 Å². The Labute approximate surface area is 165 Å². The number of aryl methyl sites for hydroxylation is 1. The largest absolute Gasteiger partial charge is 0.465 e. The average Bonchev–Trinajstić information content (AvgIpc) is 3.07. The average molecular weight is 415 g/mol. The lowest BCUT2D eigenvalue weighted by molar-refractivity contribution is 0.0600. The highest BCUT2D eigenvalue weighted by molar-refractivity contribution is 7.88. The summed E-state index contributed by atoms with van der Waals surface area (Å²) in [7, 11) is -0.540. The summed E-state index contributed by atoms with van der Waals surface area (Å²) in [5, 5.41) is 3.22. The van der Waals surface area contributed by atoms with Gasteiger partial charge in [0.1, 0.15) is 5.82 Å². The molecule has 1 saturated heterocycles. The predicted molar refractivity (Wildman–Crippen MR) is 103 cm³/mol. The Balaban J connectivity index is 0.00000261. The minimum Gasteiger partial charge on any atom is -0.465 e. The molecular weight excluding hydrogens is 392 g/mol. The number of nitrogens with one attached hydrogen (secondary N) is 1. The van der Waals surface area contributed by atoms with Crippen LogP contribution < -0.4 is 5.32 Å². The molecule has 1 aliphatic heterocycles. The minimum absolute atomic E-state index is 0. The Morgan fingerprint density at radius 3 is 2.78 bits per heavy atom. The number of halogens is 1. The van der Waals surface area contributed by atoms with E-state index in [1.807, 2.05) is 11.6 Å². The van der Waals surface area contributed by atoms with E-state index in [9.17, 15) is 13.2 Å². The predicted octanol–water partition coefficient (Wildman–Crippen LogP) is 1.10. The van der Waals surface area contributed by atoms with Gasteiger partial charge in [-0.15, -0.1) is 12.4 Å². The van der Waals surface area contributed by atoms with Crippen molar-refractivity contribution in [3.63, 3.8) is 0 Å². The lowest BCUT2D eigenvalue weighted by atomic mass is 10.1. The van der Waals surface area contributed by atoms with E-state index < -0.39 is 16.0 Å². The highest BCUT2D eigenvalue weighted by Crippen LogP contribution is 2.26. The molecule has 1 atom stereocenters. The van der Waals surface area contributed by atoms with Gasteiger partial charge in [0.15, 0.2) is 0 Å². The summed E-state index contributed by atoms with van der Waals surface area (Å²) in [4.78, 5) is 16.3. The number of esters is 1. The van der Waals surface area contributed by atoms with Crippen LogP contribution in [0.5, 0.6) is 0 Å². The number of aromatic nitrogens is 2. The maximum atomic E-state index is 13.1. The SMILES string of the molecule is COC(=O)c1ccccc1CS(=O)(=O)N1CCNCC1c1nccn1C.Cl. The summed E-state index contributed by atoms with van der Waals surface area (Å²) in [6, 6.07) is 6.22. The molecule has 3 rings (SSSR count). The molecule has 2 aromatic rings. The third-order valence-corrected chi connectivity index (χ3v) is 6.30. The lowest BCUT2D eigenvalue weighted by Gasteiger charge is -2.34. The van der Waals surface area contributed by atoms with Gasteiger partial charge in [-0.2, -0.15) is 4.31 Å². The van der Waals surface area contributed by atoms with Crippen molar-refractivity contribution in [1.29, 1.82) is 0 Å². The maximum absolute atomic E-state index is 13.1. The van der Waals surface area contributed by atoms with E-state index in [4.69, 9.17) is 4.74 Å². The summed E-state index contributed by atoms with van der Waals surface area (Å²) in [5.41, 5.74) is 0.693. The van der Waals surface area contributed by atoms with E-state index in [2.05, 4.69) is 10.3 Å². The molecule has 0 spiro atoms. The van der Waals surface area contributed by atoms with E-state index in [0.29, 0.717) is 31.0 Å². The molecule has 10 heteroatoms. The van der Waals surface area contributed by atoms with Crippen molar-refractivity contribution in [2.45, 2.75) is 11.8 Å². The maximum Gasteiger partial charge on any atom is 0.338 e. The fourth-order valence-electron chi connectivity index (χ4n) is 3.17.